The molecule has 2 aromatic carbocycles. The molecule has 0 fully saturated rings. The monoisotopic (exact) mass is 366 g/mol. The number of benzene rings is 2. The first-order chi connectivity index (χ1) is 12.3. The van der Waals surface area contributed by atoms with Gasteiger partial charge >= 0.3 is 0 Å². The minimum absolute atomic E-state index is 0.0938. The Morgan fingerprint density at radius 3 is 1.08 bits per heavy atom. The van der Waals surface area contributed by atoms with E-state index in [0.29, 0.717) is 6.42 Å². The molecule has 0 aliphatic carbocycles. The lowest BCUT2D eigenvalue weighted by Crippen LogP contribution is -2.18. The molecular weight excluding hydrogens is 336 g/mol. The van der Waals surface area contributed by atoms with Crippen LogP contribution in [-0.4, -0.2) is 57.1 Å². The quantitative estimate of drug-likeness (QED) is 0.479. The van der Waals surface area contributed by atoms with Gasteiger partial charge in [-0.1, -0.05) is 38.1 Å². The Morgan fingerprint density at radius 1 is 0.577 bits per heavy atom. The summed E-state index contributed by atoms with van der Waals surface area (Å²) in [6, 6.07) is 14.4. The van der Waals surface area contributed by atoms with Crippen molar-refractivity contribution in [1.82, 2.24) is 0 Å². The predicted molar refractivity (Wildman–Crippen MR) is 101 cm³/mol. The Labute approximate surface area is 154 Å². The van der Waals surface area contributed by atoms with Gasteiger partial charge in [0.15, 0.2) is 0 Å². The Balaban J connectivity index is 0.000000582. The fourth-order valence-corrected chi connectivity index (χ4v) is 1.99. The summed E-state index contributed by atoms with van der Waals surface area (Å²) in [7, 11) is 0. The summed E-state index contributed by atoms with van der Waals surface area (Å²) in [4.78, 5) is 0. The molecule has 146 valence electrons. The number of phenols is 2. The summed E-state index contributed by atoms with van der Waals surface area (Å²) in [5.41, 5.74) is 2.10. The Morgan fingerprint density at radius 2 is 0.885 bits per heavy atom. The number of aromatic hydroxyl groups is 2. The van der Waals surface area contributed by atoms with E-state index in [1.54, 1.807) is 24.3 Å². The number of phenolic OH excluding ortho intramolecular Hbond substituents is 2. The van der Waals surface area contributed by atoms with Crippen LogP contribution in [0, 0.1) is 0 Å². The first-order valence-corrected chi connectivity index (χ1v) is 8.35. The van der Waals surface area contributed by atoms with Crippen LogP contribution < -0.4 is 0 Å². The van der Waals surface area contributed by atoms with E-state index in [1.165, 1.54) is 0 Å². The van der Waals surface area contributed by atoms with Crippen molar-refractivity contribution in [2.75, 3.05) is 26.4 Å². The van der Waals surface area contributed by atoms with Gasteiger partial charge in [0.25, 0.3) is 0 Å². The van der Waals surface area contributed by atoms with Crippen molar-refractivity contribution in [3.63, 3.8) is 0 Å². The number of hydrogen-bond acceptors (Lipinski definition) is 6. The van der Waals surface area contributed by atoms with Gasteiger partial charge in [-0.15, -0.1) is 0 Å². The van der Waals surface area contributed by atoms with Crippen molar-refractivity contribution >= 4 is 0 Å². The van der Waals surface area contributed by atoms with Crippen molar-refractivity contribution in [3.8, 4) is 11.5 Å². The first-order valence-electron chi connectivity index (χ1n) is 8.35. The summed E-state index contributed by atoms with van der Waals surface area (Å²) in [6.07, 6.45) is 0.500. The maximum atomic E-state index is 9.30. The molecule has 0 amide bonds. The molecule has 0 spiro atoms. The van der Waals surface area contributed by atoms with E-state index in [2.05, 4.69) is 13.8 Å². The van der Waals surface area contributed by atoms with E-state index in [9.17, 15) is 10.2 Å². The molecule has 0 atom stereocenters. The second kappa shape index (κ2) is 13.1. The van der Waals surface area contributed by atoms with Gasteiger partial charge < -0.3 is 30.6 Å². The van der Waals surface area contributed by atoms with Crippen LogP contribution in [0.15, 0.2) is 48.5 Å². The van der Waals surface area contributed by atoms with Gasteiger partial charge in [0.2, 0.25) is 0 Å². The highest BCUT2D eigenvalue weighted by atomic mass is 16.3. The van der Waals surface area contributed by atoms with Crippen LogP contribution in [-0.2, 0) is 5.41 Å². The van der Waals surface area contributed by atoms with Crippen LogP contribution in [0.2, 0.25) is 0 Å². The molecule has 0 unspecified atom stereocenters. The van der Waals surface area contributed by atoms with Crippen molar-refractivity contribution in [1.29, 1.82) is 0 Å². The molecule has 0 heterocycles. The van der Waals surface area contributed by atoms with Gasteiger partial charge in [-0.05, 0) is 41.8 Å². The summed E-state index contributed by atoms with van der Waals surface area (Å²) < 4.78 is 0. The van der Waals surface area contributed by atoms with E-state index in [-0.39, 0.29) is 43.3 Å². The highest BCUT2D eigenvalue weighted by Gasteiger charge is 2.22. The molecule has 0 bridgehead atoms. The highest BCUT2D eigenvalue weighted by Crippen LogP contribution is 2.32. The normalized spacial score (nSPS) is 10.2. The molecule has 0 aliphatic rings. The van der Waals surface area contributed by atoms with Crippen LogP contribution in [0.1, 0.15) is 31.4 Å². The van der Waals surface area contributed by atoms with E-state index in [0.717, 1.165) is 11.1 Å². The second-order valence-electron chi connectivity index (χ2n) is 5.97. The number of aliphatic hydroxyl groups is 4. The molecule has 0 radical (unpaired) electrons. The average molecular weight is 366 g/mol. The van der Waals surface area contributed by atoms with Gasteiger partial charge in [-0.2, -0.15) is 0 Å². The van der Waals surface area contributed by atoms with E-state index in [4.69, 9.17) is 20.4 Å². The van der Waals surface area contributed by atoms with E-state index < -0.39 is 0 Å². The third-order valence-electron chi connectivity index (χ3n) is 3.59. The predicted octanol–water partition coefficient (Wildman–Crippen LogP) is 1.76. The fraction of sp³-hybridized carbons (Fsp3) is 0.400. The fourth-order valence-electron chi connectivity index (χ4n) is 1.99. The first kappa shape index (κ1) is 23.9. The average Bonchev–Trinajstić information content (AvgIpc) is 2.64. The molecular formula is C20H30O6. The molecule has 2 rings (SSSR count). The minimum atomic E-state index is -0.151. The van der Waals surface area contributed by atoms with Crippen molar-refractivity contribution in [2.24, 2.45) is 0 Å². The topological polar surface area (TPSA) is 121 Å². The van der Waals surface area contributed by atoms with Crippen LogP contribution in [0.25, 0.3) is 0 Å². The molecule has 6 heteroatoms. The maximum Gasteiger partial charge on any atom is 0.115 e. The molecule has 0 saturated heterocycles. The lowest BCUT2D eigenvalue weighted by atomic mass is 9.78. The lowest BCUT2D eigenvalue weighted by Gasteiger charge is -2.26. The Hall–Kier alpha value is -2.12. The van der Waals surface area contributed by atoms with Crippen molar-refractivity contribution in [2.45, 2.75) is 25.7 Å². The number of hydrogen-bond donors (Lipinski definition) is 6. The van der Waals surface area contributed by atoms with Crippen LogP contribution >= 0.6 is 0 Å². The molecule has 2 aromatic rings. The number of rotatable bonds is 5. The van der Waals surface area contributed by atoms with Gasteiger partial charge in [0.05, 0.1) is 13.2 Å². The third-order valence-corrected chi connectivity index (χ3v) is 3.59. The third kappa shape index (κ3) is 8.82. The van der Waals surface area contributed by atoms with Crippen molar-refractivity contribution < 1.29 is 30.6 Å². The minimum Gasteiger partial charge on any atom is -0.508 e. The lowest BCUT2D eigenvalue weighted by molar-refractivity contribution is 0.186. The second-order valence-corrected chi connectivity index (χ2v) is 5.97. The zero-order valence-corrected chi connectivity index (χ0v) is 15.3. The highest BCUT2D eigenvalue weighted by molar-refractivity contribution is 5.41. The van der Waals surface area contributed by atoms with E-state index in [1.807, 2.05) is 24.3 Å². The van der Waals surface area contributed by atoms with Gasteiger partial charge in [0, 0.05) is 18.6 Å². The Bertz CT molecular complexity index is 527. The molecule has 0 aliphatic heterocycles. The zero-order chi connectivity index (χ0) is 20.0. The standard InChI is InChI=1S/C15H16O2.C3H8O2.C2H6O2/c1-15(2,11-3-7-13(16)8-4-11)12-5-9-14(17)10-6-12;4-2-1-3-5;3-1-2-4/h3-10,16-17H,1-2H3;4-5H,1-3H2;3-4H,1-2H2. The van der Waals surface area contributed by atoms with Crippen LogP contribution in [0.4, 0.5) is 0 Å². The maximum absolute atomic E-state index is 9.30. The summed E-state index contributed by atoms with van der Waals surface area (Å²) in [5.74, 6) is 0.547. The summed E-state index contributed by atoms with van der Waals surface area (Å²) in [6.45, 7) is 4.17. The van der Waals surface area contributed by atoms with Crippen molar-refractivity contribution in [3.05, 3.63) is 59.7 Å². The van der Waals surface area contributed by atoms with Crippen LogP contribution in [0.5, 0.6) is 11.5 Å². The van der Waals surface area contributed by atoms with Gasteiger partial charge in [-0.3, -0.25) is 0 Å². The number of aliphatic hydroxyl groups excluding tert-OH is 4. The SMILES string of the molecule is CC(C)(c1ccc(O)cc1)c1ccc(O)cc1.OCCCO.OCCO. The largest absolute Gasteiger partial charge is 0.508 e. The molecule has 0 aromatic heterocycles. The molecule has 6 N–H and O–H groups in total. The molecule has 26 heavy (non-hydrogen) atoms. The molecule has 6 nitrogen and oxygen atoms in total. The summed E-state index contributed by atoms with van der Waals surface area (Å²) in [5, 5.41) is 49.7. The zero-order valence-electron chi connectivity index (χ0n) is 15.3. The Kier molecular flexibility index (Phi) is 12.1. The van der Waals surface area contributed by atoms with Crippen LogP contribution in [0.3, 0.4) is 0 Å². The van der Waals surface area contributed by atoms with Gasteiger partial charge in [-0.25, -0.2) is 0 Å². The van der Waals surface area contributed by atoms with Gasteiger partial charge in [0.1, 0.15) is 11.5 Å². The smallest absolute Gasteiger partial charge is 0.115 e. The molecule has 0 saturated carbocycles. The summed E-state index contributed by atoms with van der Waals surface area (Å²) >= 11 is 0. The van der Waals surface area contributed by atoms with E-state index >= 15 is 0 Å².